The maximum atomic E-state index is 13.6. The van der Waals surface area contributed by atoms with Gasteiger partial charge < -0.3 is 19.1 Å². The van der Waals surface area contributed by atoms with Crippen LogP contribution in [0, 0.1) is 6.92 Å². The molecule has 0 N–H and O–H groups in total. The monoisotopic (exact) mass is 406 g/mol. The van der Waals surface area contributed by atoms with E-state index in [4.69, 9.17) is 14.2 Å². The average Bonchev–Trinajstić information content (AvgIpc) is 3.61. The summed E-state index contributed by atoms with van der Waals surface area (Å²) in [4.78, 5) is 20.2. The fourth-order valence-corrected chi connectivity index (χ4v) is 3.69. The number of hydrogen-bond donors (Lipinski definition) is 0. The molecule has 1 aromatic heterocycles. The molecule has 1 amide bonds. The molecular weight excluding hydrogens is 380 g/mol. The number of carbonyl (C=O) groups is 1. The molecule has 0 bridgehead atoms. The molecule has 1 saturated carbocycles. The Morgan fingerprint density at radius 1 is 1.00 bits per heavy atom. The maximum absolute atomic E-state index is 13.6. The molecule has 1 aliphatic rings. The molecule has 0 radical (unpaired) electrons. The molecule has 2 aromatic carbocycles. The van der Waals surface area contributed by atoms with E-state index < -0.39 is 0 Å². The van der Waals surface area contributed by atoms with Crippen LogP contribution < -0.4 is 14.2 Å². The first-order chi connectivity index (χ1) is 14.5. The van der Waals surface area contributed by atoms with Gasteiger partial charge in [-0.15, -0.1) is 0 Å². The Morgan fingerprint density at radius 2 is 1.70 bits per heavy atom. The topological polar surface area (TPSA) is 60.9 Å². The van der Waals surface area contributed by atoms with Gasteiger partial charge in [0.1, 0.15) is 17.2 Å². The smallest absolute Gasteiger partial charge is 0.256 e. The van der Waals surface area contributed by atoms with Gasteiger partial charge in [-0.1, -0.05) is 0 Å². The van der Waals surface area contributed by atoms with Gasteiger partial charge >= 0.3 is 0 Å². The SMILES string of the molecule is COc1ccc(OC)c(CN(C(=O)c2cc3cc(OC)ccc3nc2C)C2CC2)c1. The number of ether oxygens (including phenoxy) is 3. The number of rotatable bonds is 7. The van der Waals surface area contributed by atoms with Crippen LogP contribution in [0.15, 0.2) is 42.5 Å². The fraction of sp³-hybridized carbons (Fsp3) is 0.333. The van der Waals surface area contributed by atoms with Crippen molar-refractivity contribution in [2.75, 3.05) is 21.3 Å². The van der Waals surface area contributed by atoms with Gasteiger partial charge in [0.15, 0.2) is 0 Å². The number of carbonyl (C=O) groups excluding carboxylic acids is 1. The molecule has 0 aliphatic heterocycles. The summed E-state index contributed by atoms with van der Waals surface area (Å²) in [7, 11) is 4.90. The Labute approximate surface area is 176 Å². The van der Waals surface area contributed by atoms with Gasteiger partial charge in [-0.25, -0.2) is 0 Å². The number of methoxy groups -OCH3 is 3. The maximum Gasteiger partial charge on any atom is 0.256 e. The molecule has 0 saturated heterocycles. The molecule has 6 heteroatoms. The summed E-state index contributed by atoms with van der Waals surface area (Å²) in [6.45, 7) is 2.34. The van der Waals surface area contributed by atoms with Crippen LogP contribution in [0.3, 0.4) is 0 Å². The van der Waals surface area contributed by atoms with Crippen molar-refractivity contribution in [1.82, 2.24) is 9.88 Å². The van der Waals surface area contributed by atoms with Crippen molar-refractivity contribution in [1.29, 1.82) is 0 Å². The Balaban J connectivity index is 1.70. The third-order valence-corrected chi connectivity index (χ3v) is 5.52. The zero-order valence-electron chi connectivity index (χ0n) is 17.8. The Bertz CT molecular complexity index is 1090. The zero-order valence-corrected chi connectivity index (χ0v) is 17.8. The van der Waals surface area contributed by atoms with Gasteiger partial charge in [-0.3, -0.25) is 9.78 Å². The third-order valence-electron chi connectivity index (χ3n) is 5.52. The van der Waals surface area contributed by atoms with Crippen LogP contribution in [-0.2, 0) is 6.54 Å². The standard InChI is InChI=1S/C24H26N2O4/c1-15-21(13-16-11-19(28-2)7-9-22(16)25-15)24(27)26(18-5-6-18)14-17-12-20(29-3)8-10-23(17)30-4/h7-13,18H,5-6,14H2,1-4H3. The van der Waals surface area contributed by atoms with Crippen molar-refractivity contribution < 1.29 is 19.0 Å². The second kappa shape index (κ2) is 8.22. The first kappa shape index (κ1) is 20.0. The van der Waals surface area contributed by atoms with E-state index in [1.54, 1.807) is 21.3 Å². The molecule has 30 heavy (non-hydrogen) atoms. The molecule has 156 valence electrons. The fourth-order valence-electron chi connectivity index (χ4n) is 3.69. The molecule has 6 nitrogen and oxygen atoms in total. The predicted octanol–water partition coefficient (Wildman–Crippen LogP) is 4.37. The Hall–Kier alpha value is -3.28. The summed E-state index contributed by atoms with van der Waals surface area (Å²) in [5.41, 5.74) is 3.10. The van der Waals surface area contributed by atoms with Crippen LogP contribution in [0.4, 0.5) is 0 Å². The number of fused-ring (bicyclic) bond motifs is 1. The number of aryl methyl sites for hydroxylation is 1. The summed E-state index contributed by atoms with van der Waals surface area (Å²) < 4.78 is 16.2. The van der Waals surface area contributed by atoms with Crippen LogP contribution in [0.1, 0.15) is 34.5 Å². The minimum absolute atomic E-state index is 0.0166. The van der Waals surface area contributed by atoms with Crippen molar-refractivity contribution in [3.05, 3.63) is 59.3 Å². The normalized spacial score (nSPS) is 13.2. The first-order valence-electron chi connectivity index (χ1n) is 10.0. The van der Waals surface area contributed by atoms with Gasteiger partial charge in [-0.2, -0.15) is 0 Å². The van der Waals surface area contributed by atoms with Crippen molar-refractivity contribution in [2.45, 2.75) is 32.4 Å². The van der Waals surface area contributed by atoms with Crippen LogP contribution >= 0.6 is 0 Å². The van der Waals surface area contributed by atoms with E-state index in [0.717, 1.165) is 52.3 Å². The molecule has 0 atom stereocenters. The lowest BCUT2D eigenvalue weighted by atomic mass is 10.1. The molecular formula is C24H26N2O4. The van der Waals surface area contributed by atoms with E-state index in [1.165, 1.54) is 0 Å². The van der Waals surface area contributed by atoms with Crippen molar-refractivity contribution >= 4 is 16.8 Å². The highest BCUT2D eigenvalue weighted by atomic mass is 16.5. The Morgan fingerprint density at radius 3 is 2.37 bits per heavy atom. The van der Waals surface area contributed by atoms with E-state index in [2.05, 4.69) is 4.98 Å². The van der Waals surface area contributed by atoms with E-state index in [9.17, 15) is 4.79 Å². The van der Waals surface area contributed by atoms with E-state index in [1.807, 2.05) is 54.3 Å². The molecule has 0 spiro atoms. The summed E-state index contributed by atoms with van der Waals surface area (Å²) >= 11 is 0. The zero-order chi connectivity index (χ0) is 21.3. The minimum atomic E-state index is -0.0166. The number of pyridine rings is 1. The highest BCUT2D eigenvalue weighted by Gasteiger charge is 2.34. The number of hydrogen-bond acceptors (Lipinski definition) is 5. The van der Waals surface area contributed by atoms with Gasteiger partial charge in [0, 0.05) is 17.0 Å². The summed E-state index contributed by atoms with van der Waals surface area (Å²) in [6.07, 6.45) is 2.01. The van der Waals surface area contributed by atoms with Crippen LogP contribution in [0.2, 0.25) is 0 Å². The van der Waals surface area contributed by atoms with Gasteiger partial charge in [-0.05, 0) is 62.2 Å². The highest BCUT2D eigenvalue weighted by molar-refractivity contribution is 5.99. The second-order valence-corrected chi connectivity index (χ2v) is 7.52. The molecule has 0 unspecified atom stereocenters. The van der Waals surface area contributed by atoms with Crippen molar-refractivity contribution in [2.24, 2.45) is 0 Å². The van der Waals surface area contributed by atoms with Gasteiger partial charge in [0.05, 0.1) is 44.6 Å². The molecule has 1 fully saturated rings. The lowest BCUT2D eigenvalue weighted by Gasteiger charge is -2.24. The summed E-state index contributed by atoms with van der Waals surface area (Å²) in [6, 6.07) is 13.5. The number of benzene rings is 2. The second-order valence-electron chi connectivity index (χ2n) is 7.52. The lowest BCUT2D eigenvalue weighted by Crippen LogP contribution is -2.33. The Kier molecular flexibility index (Phi) is 5.48. The quantitative estimate of drug-likeness (QED) is 0.583. The number of aromatic nitrogens is 1. The third kappa shape index (κ3) is 3.90. The molecule has 4 rings (SSSR count). The minimum Gasteiger partial charge on any atom is -0.497 e. The summed E-state index contributed by atoms with van der Waals surface area (Å²) in [5.74, 6) is 2.21. The predicted molar refractivity (Wildman–Crippen MR) is 115 cm³/mol. The summed E-state index contributed by atoms with van der Waals surface area (Å²) in [5, 5.41) is 0.887. The van der Waals surface area contributed by atoms with Gasteiger partial charge in [0.2, 0.25) is 0 Å². The van der Waals surface area contributed by atoms with E-state index in [0.29, 0.717) is 12.1 Å². The van der Waals surface area contributed by atoms with Crippen molar-refractivity contribution in [3.63, 3.8) is 0 Å². The van der Waals surface area contributed by atoms with E-state index in [-0.39, 0.29) is 11.9 Å². The van der Waals surface area contributed by atoms with Crippen LogP contribution in [0.5, 0.6) is 17.2 Å². The highest BCUT2D eigenvalue weighted by Crippen LogP contribution is 2.34. The first-order valence-corrected chi connectivity index (χ1v) is 10.0. The van der Waals surface area contributed by atoms with Crippen LogP contribution in [-0.4, -0.2) is 43.2 Å². The van der Waals surface area contributed by atoms with Crippen LogP contribution in [0.25, 0.3) is 10.9 Å². The number of nitrogens with zero attached hydrogens (tertiary/aromatic N) is 2. The molecule has 1 heterocycles. The largest absolute Gasteiger partial charge is 0.497 e. The molecule has 3 aromatic rings. The average molecular weight is 406 g/mol. The lowest BCUT2D eigenvalue weighted by molar-refractivity contribution is 0.0727. The molecule has 1 aliphatic carbocycles. The van der Waals surface area contributed by atoms with Gasteiger partial charge in [0.25, 0.3) is 5.91 Å². The van der Waals surface area contributed by atoms with E-state index >= 15 is 0 Å². The number of amides is 1. The van der Waals surface area contributed by atoms with Crippen molar-refractivity contribution in [3.8, 4) is 17.2 Å².